The monoisotopic (exact) mass is 294 g/mol. The van der Waals surface area contributed by atoms with Crippen molar-refractivity contribution in [2.75, 3.05) is 7.11 Å². The Balaban J connectivity index is 1.78. The Morgan fingerprint density at radius 3 is 2.67 bits per heavy atom. The quantitative estimate of drug-likeness (QED) is 0.716. The molecule has 0 radical (unpaired) electrons. The van der Waals surface area contributed by atoms with Crippen molar-refractivity contribution >= 4 is 23.5 Å². The summed E-state index contributed by atoms with van der Waals surface area (Å²) in [5.74, 6) is 0.852. The number of nitrogens with zero attached hydrogens (tertiary/aromatic N) is 2. The number of benzene rings is 1. The molecule has 0 amide bonds. The molecule has 0 unspecified atom stereocenters. The van der Waals surface area contributed by atoms with Gasteiger partial charge < -0.3 is 4.74 Å². The van der Waals surface area contributed by atoms with Crippen LogP contribution in [0.4, 0.5) is 0 Å². The molecule has 0 saturated carbocycles. The lowest BCUT2D eigenvalue weighted by atomic mass is 10.2. The molecule has 0 aliphatic rings. The maximum Gasteiger partial charge on any atom is 0.118 e. The fourth-order valence-electron chi connectivity index (χ4n) is 1.90. The van der Waals surface area contributed by atoms with Gasteiger partial charge in [0.2, 0.25) is 0 Å². The van der Waals surface area contributed by atoms with E-state index in [1.54, 1.807) is 24.6 Å². The SMILES string of the molecule is COc1ccc(-c2csc(C=Cc3cccnc3)n2)cc1. The van der Waals surface area contributed by atoms with Crippen LogP contribution in [-0.2, 0) is 0 Å². The van der Waals surface area contributed by atoms with Gasteiger partial charge in [0.25, 0.3) is 0 Å². The van der Waals surface area contributed by atoms with Crippen LogP contribution in [0.2, 0.25) is 0 Å². The highest BCUT2D eigenvalue weighted by molar-refractivity contribution is 7.10. The van der Waals surface area contributed by atoms with Crippen molar-refractivity contribution in [2.45, 2.75) is 0 Å². The number of ether oxygens (including phenoxy) is 1. The molecule has 1 aromatic carbocycles. The van der Waals surface area contributed by atoms with Gasteiger partial charge >= 0.3 is 0 Å². The van der Waals surface area contributed by atoms with Gasteiger partial charge in [0.1, 0.15) is 10.8 Å². The second-order valence-electron chi connectivity index (χ2n) is 4.42. The van der Waals surface area contributed by atoms with Gasteiger partial charge in [-0.2, -0.15) is 0 Å². The minimum Gasteiger partial charge on any atom is -0.497 e. The van der Waals surface area contributed by atoms with E-state index in [1.807, 2.05) is 54.7 Å². The van der Waals surface area contributed by atoms with Gasteiger partial charge in [-0.1, -0.05) is 12.1 Å². The number of hydrogen-bond acceptors (Lipinski definition) is 4. The fourth-order valence-corrected chi connectivity index (χ4v) is 2.62. The maximum atomic E-state index is 5.16. The molecule has 0 fully saturated rings. The first-order chi connectivity index (χ1) is 10.3. The van der Waals surface area contributed by atoms with E-state index in [9.17, 15) is 0 Å². The Labute approximate surface area is 127 Å². The van der Waals surface area contributed by atoms with Crippen LogP contribution in [0.1, 0.15) is 10.6 Å². The van der Waals surface area contributed by atoms with Crippen molar-refractivity contribution in [3.8, 4) is 17.0 Å². The van der Waals surface area contributed by atoms with Crippen LogP contribution in [0.25, 0.3) is 23.4 Å². The van der Waals surface area contributed by atoms with Crippen molar-refractivity contribution in [1.82, 2.24) is 9.97 Å². The molecule has 21 heavy (non-hydrogen) atoms. The summed E-state index contributed by atoms with van der Waals surface area (Å²) in [7, 11) is 1.67. The molecule has 0 N–H and O–H groups in total. The average Bonchev–Trinajstić information content (AvgIpc) is 3.03. The van der Waals surface area contributed by atoms with Gasteiger partial charge in [-0.25, -0.2) is 4.98 Å². The van der Waals surface area contributed by atoms with Crippen molar-refractivity contribution in [2.24, 2.45) is 0 Å². The number of aromatic nitrogens is 2. The third-order valence-electron chi connectivity index (χ3n) is 3.01. The Hall–Kier alpha value is -2.46. The molecular weight excluding hydrogens is 280 g/mol. The average molecular weight is 294 g/mol. The zero-order valence-corrected chi connectivity index (χ0v) is 12.4. The molecule has 0 spiro atoms. The molecule has 0 aliphatic heterocycles. The largest absolute Gasteiger partial charge is 0.497 e. The van der Waals surface area contributed by atoms with E-state index in [-0.39, 0.29) is 0 Å². The summed E-state index contributed by atoms with van der Waals surface area (Å²) in [5, 5.41) is 3.04. The van der Waals surface area contributed by atoms with Crippen molar-refractivity contribution < 1.29 is 4.74 Å². The number of rotatable bonds is 4. The third-order valence-corrected chi connectivity index (χ3v) is 3.82. The first kappa shape index (κ1) is 13.5. The molecule has 0 saturated heterocycles. The predicted octanol–water partition coefficient (Wildman–Crippen LogP) is 4.38. The molecule has 4 heteroatoms. The molecule has 3 rings (SSSR count). The molecule has 0 atom stereocenters. The first-order valence-corrected chi connectivity index (χ1v) is 7.41. The predicted molar refractivity (Wildman–Crippen MR) is 87.3 cm³/mol. The van der Waals surface area contributed by atoms with E-state index in [4.69, 9.17) is 4.74 Å². The summed E-state index contributed by atoms with van der Waals surface area (Å²) in [4.78, 5) is 8.71. The fraction of sp³-hybridized carbons (Fsp3) is 0.0588. The molecule has 3 aromatic rings. The normalized spacial score (nSPS) is 10.9. The number of methoxy groups -OCH3 is 1. The first-order valence-electron chi connectivity index (χ1n) is 6.53. The van der Waals surface area contributed by atoms with Crippen LogP contribution >= 0.6 is 11.3 Å². The van der Waals surface area contributed by atoms with E-state index in [2.05, 4.69) is 15.3 Å². The second kappa shape index (κ2) is 6.33. The number of hydrogen-bond donors (Lipinski definition) is 0. The van der Waals surface area contributed by atoms with Crippen LogP contribution in [0.3, 0.4) is 0 Å². The number of thiazole rings is 1. The van der Waals surface area contributed by atoms with E-state index in [1.165, 1.54) is 0 Å². The summed E-state index contributed by atoms with van der Waals surface area (Å²) in [6.45, 7) is 0. The highest BCUT2D eigenvalue weighted by Gasteiger charge is 2.03. The lowest BCUT2D eigenvalue weighted by Crippen LogP contribution is -1.82. The van der Waals surface area contributed by atoms with Gasteiger partial charge in [-0.3, -0.25) is 4.98 Å². The summed E-state index contributed by atoms with van der Waals surface area (Å²) in [6, 6.07) is 11.9. The second-order valence-corrected chi connectivity index (χ2v) is 5.31. The molecule has 104 valence electrons. The lowest BCUT2D eigenvalue weighted by Gasteiger charge is -2.00. The van der Waals surface area contributed by atoms with Crippen LogP contribution in [0, 0.1) is 0 Å². The van der Waals surface area contributed by atoms with Crippen LogP contribution in [0.5, 0.6) is 5.75 Å². The van der Waals surface area contributed by atoms with Gasteiger partial charge in [0.15, 0.2) is 0 Å². The maximum absolute atomic E-state index is 5.16. The minimum absolute atomic E-state index is 0.852. The summed E-state index contributed by atoms with van der Waals surface area (Å²) < 4.78 is 5.16. The van der Waals surface area contributed by atoms with Gasteiger partial charge in [-0.15, -0.1) is 11.3 Å². The van der Waals surface area contributed by atoms with E-state index in [0.717, 1.165) is 27.6 Å². The Morgan fingerprint density at radius 1 is 1.10 bits per heavy atom. The molecular formula is C17H14N2OS. The molecule has 3 nitrogen and oxygen atoms in total. The third kappa shape index (κ3) is 3.35. The highest BCUT2D eigenvalue weighted by Crippen LogP contribution is 2.24. The minimum atomic E-state index is 0.852. The smallest absolute Gasteiger partial charge is 0.118 e. The Kier molecular flexibility index (Phi) is 4.07. The zero-order valence-electron chi connectivity index (χ0n) is 11.6. The van der Waals surface area contributed by atoms with Gasteiger partial charge in [-0.05, 0) is 42.0 Å². The molecule has 0 aliphatic carbocycles. The summed E-state index contributed by atoms with van der Waals surface area (Å²) in [6.07, 6.45) is 7.62. The highest BCUT2D eigenvalue weighted by atomic mass is 32.1. The van der Waals surface area contributed by atoms with Crippen LogP contribution in [-0.4, -0.2) is 17.1 Å². The topological polar surface area (TPSA) is 35.0 Å². The van der Waals surface area contributed by atoms with Crippen molar-refractivity contribution in [1.29, 1.82) is 0 Å². The lowest BCUT2D eigenvalue weighted by molar-refractivity contribution is 0.415. The standard InChI is InChI=1S/C17H14N2OS/c1-20-15-7-5-14(6-8-15)16-12-21-17(19-16)9-4-13-3-2-10-18-11-13/h2-12H,1H3. The number of pyridine rings is 1. The van der Waals surface area contributed by atoms with E-state index >= 15 is 0 Å². The molecule has 2 aromatic heterocycles. The van der Waals surface area contributed by atoms with E-state index in [0.29, 0.717) is 0 Å². The van der Waals surface area contributed by atoms with Crippen LogP contribution in [0.15, 0.2) is 54.2 Å². The van der Waals surface area contributed by atoms with Gasteiger partial charge in [0, 0.05) is 23.3 Å². The zero-order chi connectivity index (χ0) is 14.5. The molecule has 0 bridgehead atoms. The van der Waals surface area contributed by atoms with Gasteiger partial charge in [0.05, 0.1) is 12.8 Å². The molecule has 2 heterocycles. The van der Waals surface area contributed by atoms with Crippen molar-refractivity contribution in [3.63, 3.8) is 0 Å². The van der Waals surface area contributed by atoms with E-state index < -0.39 is 0 Å². The van der Waals surface area contributed by atoms with Crippen LogP contribution < -0.4 is 4.74 Å². The summed E-state index contributed by atoms with van der Waals surface area (Å²) >= 11 is 1.62. The summed E-state index contributed by atoms with van der Waals surface area (Å²) in [5.41, 5.74) is 3.14. The van der Waals surface area contributed by atoms with Crippen molar-refractivity contribution in [3.05, 3.63) is 64.7 Å². The Bertz CT molecular complexity index is 733. The Morgan fingerprint density at radius 2 is 1.95 bits per heavy atom.